The average Bonchev–Trinajstić information content (AvgIpc) is 3.42. The van der Waals surface area contributed by atoms with Crippen molar-refractivity contribution < 1.29 is 14.1 Å². The number of amides is 1. The molecule has 9 nitrogen and oxygen atoms in total. The molecule has 1 aliphatic rings. The van der Waals surface area contributed by atoms with Crippen molar-refractivity contribution in [3.8, 4) is 17.3 Å². The van der Waals surface area contributed by atoms with E-state index in [9.17, 15) is 4.79 Å². The van der Waals surface area contributed by atoms with Crippen LogP contribution in [-0.4, -0.2) is 55.6 Å². The Morgan fingerprint density at radius 3 is 2.96 bits per heavy atom. The van der Waals surface area contributed by atoms with Crippen molar-refractivity contribution in [3.63, 3.8) is 0 Å². The number of nitrogens with zero attached hydrogens (tertiary/aromatic N) is 6. The number of piperidine rings is 1. The highest BCUT2D eigenvalue weighted by molar-refractivity contribution is 5.77. The molecule has 1 amide bonds. The Balaban J connectivity index is 1.37. The number of para-hydroxylation sites is 1. The van der Waals surface area contributed by atoms with Crippen LogP contribution in [0.15, 0.2) is 41.1 Å². The molecule has 3 aromatic rings. The lowest BCUT2D eigenvalue weighted by Crippen LogP contribution is -2.43. The van der Waals surface area contributed by atoms with Crippen molar-refractivity contribution in [1.29, 1.82) is 0 Å². The van der Waals surface area contributed by atoms with Gasteiger partial charge in [0.2, 0.25) is 0 Å². The quantitative estimate of drug-likeness (QED) is 0.644. The number of rotatable bonds is 6. The summed E-state index contributed by atoms with van der Waals surface area (Å²) in [5, 5.41) is 12.2. The third kappa shape index (κ3) is 4.03. The molecule has 9 heteroatoms. The van der Waals surface area contributed by atoms with Crippen molar-refractivity contribution in [2.75, 3.05) is 19.7 Å². The number of carbonyl (C=O) groups is 1. The van der Waals surface area contributed by atoms with Crippen LogP contribution in [0.1, 0.15) is 31.6 Å². The van der Waals surface area contributed by atoms with Crippen molar-refractivity contribution in [2.24, 2.45) is 0 Å². The number of ether oxygens (including phenoxy) is 1. The minimum atomic E-state index is -0.0293. The molecule has 1 unspecified atom stereocenters. The lowest BCUT2D eigenvalue weighted by Gasteiger charge is -2.32. The Hall–Kier alpha value is -3.23. The molecule has 1 atom stereocenters. The zero-order chi connectivity index (χ0) is 19.3. The Labute approximate surface area is 162 Å². The molecule has 0 aliphatic carbocycles. The second-order valence-corrected chi connectivity index (χ2v) is 6.69. The fourth-order valence-electron chi connectivity index (χ4n) is 3.21. The van der Waals surface area contributed by atoms with Crippen molar-refractivity contribution in [2.45, 2.75) is 32.2 Å². The first-order valence-corrected chi connectivity index (χ1v) is 9.43. The average molecular weight is 382 g/mol. The number of aryl methyl sites for hydroxylation is 1. The summed E-state index contributed by atoms with van der Waals surface area (Å²) in [5.74, 6) is 1.66. The van der Waals surface area contributed by atoms with Gasteiger partial charge in [-0.05, 0) is 25.0 Å². The molecule has 0 spiro atoms. The fraction of sp³-hybridized carbons (Fsp3) is 0.421. The maximum atomic E-state index is 12.5. The van der Waals surface area contributed by atoms with E-state index >= 15 is 0 Å². The minimum absolute atomic E-state index is 0.0289. The zero-order valence-electron chi connectivity index (χ0n) is 15.7. The first kappa shape index (κ1) is 18.1. The smallest absolute Gasteiger partial charge is 0.280 e. The van der Waals surface area contributed by atoms with Crippen molar-refractivity contribution in [3.05, 3.63) is 42.4 Å². The molecule has 1 saturated heterocycles. The van der Waals surface area contributed by atoms with Crippen molar-refractivity contribution in [1.82, 2.24) is 30.0 Å². The van der Waals surface area contributed by atoms with Crippen LogP contribution in [0.5, 0.6) is 5.75 Å². The second kappa shape index (κ2) is 8.20. The van der Waals surface area contributed by atoms with Gasteiger partial charge in [0.25, 0.3) is 11.8 Å². The van der Waals surface area contributed by atoms with Crippen LogP contribution in [0, 0.1) is 0 Å². The predicted octanol–water partition coefficient (Wildman–Crippen LogP) is 2.13. The maximum absolute atomic E-state index is 12.5. The normalized spacial score (nSPS) is 16.9. The third-order valence-electron chi connectivity index (χ3n) is 4.74. The molecular formula is C19H22N6O3. The standard InChI is InChI=1S/C19H22N6O3/c1-2-17-20-19(28-22-17)16-12-25(23-21-16)14-7-6-10-24(11-14)18(26)13-27-15-8-4-3-5-9-15/h3-5,8-9,12,14H,2,6-7,10-11,13H2,1H3. The van der Waals surface area contributed by atoms with Gasteiger partial charge in [-0.25, -0.2) is 4.68 Å². The number of aromatic nitrogens is 5. The molecule has 2 aromatic heterocycles. The van der Waals surface area contributed by atoms with Crippen LogP contribution in [-0.2, 0) is 11.2 Å². The van der Waals surface area contributed by atoms with E-state index in [0.29, 0.717) is 36.1 Å². The highest BCUT2D eigenvalue weighted by Crippen LogP contribution is 2.23. The Bertz CT molecular complexity index is 923. The van der Waals surface area contributed by atoms with Gasteiger partial charge in [-0.15, -0.1) is 5.10 Å². The SMILES string of the molecule is CCc1noc(-c2cn(C3CCCN(C(=O)COc4ccccc4)C3)nn2)n1. The predicted molar refractivity (Wildman–Crippen MR) is 99.5 cm³/mol. The number of benzene rings is 1. The van der Waals surface area contributed by atoms with Gasteiger partial charge in [-0.2, -0.15) is 4.98 Å². The van der Waals surface area contributed by atoms with Gasteiger partial charge in [0.05, 0.1) is 12.2 Å². The van der Waals surface area contributed by atoms with Gasteiger partial charge < -0.3 is 14.2 Å². The lowest BCUT2D eigenvalue weighted by atomic mass is 10.1. The molecule has 4 rings (SSSR count). The molecule has 0 N–H and O–H groups in total. The van der Waals surface area contributed by atoms with Gasteiger partial charge >= 0.3 is 0 Å². The highest BCUT2D eigenvalue weighted by Gasteiger charge is 2.26. The van der Waals surface area contributed by atoms with E-state index < -0.39 is 0 Å². The zero-order valence-corrected chi connectivity index (χ0v) is 15.7. The molecule has 1 fully saturated rings. The molecule has 28 heavy (non-hydrogen) atoms. The highest BCUT2D eigenvalue weighted by atomic mass is 16.5. The van der Waals surface area contributed by atoms with E-state index in [-0.39, 0.29) is 18.6 Å². The molecule has 1 aromatic carbocycles. The molecule has 0 radical (unpaired) electrons. The van der Waals surface area contributed by atoms with Crippen LogP contribution in [0.25, 0.3) is 11.6 Å². The van der Waals surface area contributed by atoms with E-state index in [1.807, 2.05) is 42.2 Å². The minimum Gasteiger partial charge on any atom is -0.484 e. The lowest BCUT2D eigenvalue weighted by molar-refractivity contribution is -0.135. The molecule has 3 heterocycles. The summed E-state index contributed by atoms with van der Waals surface area (Å²) in [6, 6.07) is 9.41. The molecular weight excluding hydrogens is 360 g/mol. The molecule has 0 saturated carbocycles. The summed E-state index contributed by atoms with van der Waals surface area (Å²) in [7, 11) is 0. The molecule has 0 bridgehead atoms. The van der Waals surface area contributed by atoms with Gasteiger partial charge in [-0.3, -0.25) is 4.79 Å². The number of carbonyl (C=O) groups excluding carboxylic acids is 1. The first-order chi connectivity index (χ1) is 13.7. The van der Waals surface area contributed by atoms with Gasteiger partial charge in [0.15, 0.2) is 18.1 Å². The summed E-state index contributed by atoms with van der Waals surface area (Å²) in [6.07, 6.45) is 4.32. The van der Waals surface area contributed by atoms with Gasteiger partial charge in [-0.1, -0.05) is 35.5 Å². The summed E-state index contributed by atoms with van der Waals surface area (Å²) in [5.41, 5.74) is 0.545. The van der Waals surface area contributed by atoms with Crippen LogP contribution in [0.2, 0.25) is 0 Å². The number of hydrogen-bond donors (Lipinski definition) is 0. The topological polar surface area (TPSA) is 99.2 Å². The van der Waals surface area contributed by atoms with E-state index in [0.717, 1.165) is 19.4 Å². The Morgan fingerprint density at radius 1 is 1.32 bits per heavy atom. The Kier molecular flexibility index (Phi) is 5.31. The third-order valence-corrected chi connectivity index (χ3v) is 4.74. The van der Waals surface area contributed by atoms with Gasteiger partial charge in [0, 0.05) is 19.5 Å². The largest absolute Gasteiger partial charge is 0.484 e. The van der Waals surface area contributed by atoms with Crippen LogP contribution in [0.4, 0.5) is 0 Å². The molecule has 146 valence electrons. The monoisotopic (exact) mass is 382 g/mol. The number of likely N-dealkylation sites (tertiary alicyclic amines) is 1. The summed E-state index contributed by atoms with van der Waals surface area (Å²) in [6.45, 7) is 3.28. The molecule has 1 aliphatic heterocycles. The van der Waals surface area contributed by atoms with E-state index in [1.165, 1.54) is 0 Å². The maximum Gasteiger partial charge on any atom is 0.280 e. The first-order valence-electron chi connectivity index (χ1n) is 9.43. The van der Waals surface area contributed by atoms with Gasteiger partial charge in [0.1, 0.15) is 5.75 Å². The summed E-state index contributed by atoms with van der Waals surface area (Å²) in [4.78, 5) is 18.6. The van der Waals surface area contributed by atoms with Crippen LogP contribution >= 0.6 is 0 Å². The van der Waals surface area contributed by atoms with Crippen LogP contribution in [0.3, 0.4) is 0 Å². The van der Waals surface area contributed by atoms with Crippen molar-refractivity contribution >= 4 is 5.91 Å². The Morgan fingerprint density at radius 2 is 2.18 bits per heavy atom. The van der Waals surface area contributed by atoms with E-state index in [4.69, 9.17) is 9.26 Å². The van der Waals surface area contributed by atoms with E-state index in [1.54, 1.807) is 10.9 Å². The second-order valence-electron chi connectivity index (χ2n) is 6.69. The summed E-state index contributed by atoms with van der Waals surface area (Å²) < 4.78 is 12.6. The number of hydrogen-bond acceptors (Lipinski definition) is 7. The van der Waals surface area contributed by atoms with E-state index in [2.05, 4.69) is 20.5 Å². The fourth-order valence-corrected chi connectivity index (χ4v) is 3.21. The summed E-state index contributed by atoms with van der Waals surface area (Å²) >= 11 is 0. The van der Waals surface area contributed by atoms with Crippen LogP contribution < -0.4 is 4.74 Å².